The van der Waals surface area contributed by atoms with E-state index in [9.17, 15) is 0 Å². The average molecular weight is 358 g/mol. The second kappa shape index (κ2) is 10.5. The van der Waals surface area contributed by atoms with Crippen LogP contribution in [0.4, 0.5) is 5.69 Å². The largest absolute Gasteiger partial charge is 0.378 e. The molecule has 0 saturated carbocycles. The molecule has 21 heavy (non-hydrogen) atoms. The molecule has 1 saturated heterocycles. The van der Waals surface area contributed by atoms with Gasteiger partial charge in [0.15, 0.2) is 0 Å². The summed E-state index contributed by atoms with van der Waals surface area (Å²) in [6, 6.07) is 9.10. The second-order valence-corrected chi connectivity index (χ2v) is 5.51. The first-order chi connectivity index (χ1) is 8.54. The molecule has 4 N–H and O–H groups in total. The van der Waals surface area contributed by atoms with E-state index < -0.39 is 0 Å². The van der Waals surface area contributed by atoms with E-state index in [2.05, 4.69) is 48.2 Å². The molecule has 4 nitrogen and oxygen atoms in total. The summed E-state index contributed by atoms with van der Waals surface area (Å²) in [5.41, 5.74) is 14.6. The van der Waals surface area contributed by atoms with E-state index in [1.165, 1.54) is 11.3 Å². The van der Waals surface area contributed by atoms with Crippen LogP contribution in [-0.2, 0) is 6.54 Å². The van der Waals surface area contributed by atoms with Gasteiger partial charge in [0, 0.05) is 51.5 Å². The van der Waals surface area contributed by atoms with Gasteiger partial charge in [-0.15, -0.1) is 37.2 Å². The van der Waals surface area contributed by atoms with Crippen LogP contribution in [-0.4, -0.2) is 44.2 Å². The molecule has 1 aromatic rings. The SMILES string of the molecule is CN(C)c1ccc(CN2C[C@H](N)C[C@H](N)C2)cc1.Cl.Cl.Cl. The minimum Gasteiger partial charge on any atom is -0.378 e. The van der Waals surface area contributed by atoms with E-state index >= 15 is 0 Å². The number of benzene rings is 1. The van der Waals surface area contributed by atoms with Gasteiger partial charge in [0.2, 0.25) is 0 Å². The topological polar surface area (TPSA) is 58.5 Å². The van der Waals surface area contributed by atoms with Crippen LogP contribution in [0.1, 0.15) is 12.0 Å². The lowest BCUT2D eigenvalue weighted by Gasteiger charge is -2.34. The van der Waals surface area contributed by atoms with Gasteiger partial charge in [-0.2, -0.15) is 0 Å². The molecule has 1 aliphatic rings. The van der Waals surface area contributed by atoms with Gasteiger partial charge in [0.1, 0.15) is 0 Å². The number of hydrogen-bond donors (Lipinski definition) is 2. The Morgan fingerprint density at radius 2 is 1.48 bits per heavy atom. The highest BCUT2D eigenvalue weighted by molar-refractivity contribution is 5.86. The second-order valence-electron chi connectivity index (χ2n) is 5.51. The molecule has 0 amide bonds. The molecule has 0 aromatic heterocycles. The summed E-state index contributed by atoms with van der Waals surface area (Å²) in [6.45, 7) is 2.83. The van der Waals surface area contributed by atoms with Crippen LogP contribution < -0.4 is 16.4 Å². The first-order valence-corrected chi connectivity index (χ1v) is 6.54. The maximum absolute atomic E-state index is 6.00. The molecule has 1 aliphatic heterocycles. The van der Waals surface area contributed by atoms with Crippen LogP contribution in [0, 0.1) is 0 Å². The van der Waals surface area contributed by atoms with Crippen molar-refractivity contribution in [3.8, 4) is 0 Å². The van der Waals surface area contributed by atoms with E-state index in [4.69, 9.17) is 11.5 Å². The highest BCUT2D eigenvalue weighted by atomic mass is 35.5. The maximum atomic E-state index is 6.00. The number of halogens is 3. The standard InChI is InChI=1S/C14H24N4.3ClH/c1-17(2)14-5-3-11(4-6-14)8-18-9-12(15)7-13(16)10-18;;;/h3-6,12-13H,7-10,15-16H2,1-2H3;3*1H/t12-,13+;;;. The predicted octanol–water partition coefficient (Wildman–Crippen LogP) is 1.88. The van der Waals surface area contributed by atoms with Gasteiger partial charge in [-0.1, -0.05) is 12.1 Å². The van der Waals surface area contributed by atoms with Crippen molar-refractivity contribution in [2.45, 2.75) is 25.0 Å². The minimum atomic E-state index is 0. The molecule has 124 valence electrons. The van der Waals surface area contributed by atoms with E-state index in [0.717, 1.165) is 26.1 Å². The Hall–Kier alpha value is -0.230. The lowest BCUT2D eigenvalue weighted by atomic mass is 10.0. The summed E-state index contributed by atoms with van der Waals surface area (Å²) in [7, 11) is 4.11. The fraction of sp³-hybridized carbons (Fsp3) is 0.571. The summed E-state index contributed by atoms with van der Waals surface area (Å²) in [5.74, 6) is 0. The molecular weight excluding hydrogens is 331 g/mol. The molecule has 2 rings (SSSR count). The normalized spacial score (nSPS) is 21.5. The Balaban J connectivity index is 0. The van der Waals surface area contributed by atoms with Gasteiger partial charge >= 0.3 is 0 Å². The first-order valence-electron chi connectivity index (χ1n) is 6.54. The smallest absolute Gasteiger partial charge is 0.0361 e. The summed E-state index contributed by atoms with van der Waals surface area (Å²) in [5, 5.41) is 0. The van der Waals surface area contributed by atoms with Gasteiger partial charge in [-0.3, -0.25) is 4.90 Å². The number of rotatable bonds is 3. The molecule has 1 fully saturated rings. The fourth-order valence-electron chi connectivity index (χ4n) is 2.56. The third-order valence-electron chi connectivity index (χ3n) is 3.45. The molecule has 0 bridgehead atoms. The first kappa shape index (κ1) is 23.0. The van der Waals surface area contributed by atoms with Gasteiger partial charge in [-0.25, -0.2) is 0 Å². The molecule has 0 spiro atoms. The molecule has 1 aromatic carbocycles. The molecule has 1 heterocycles. The molecule has 2 atom stereocenters. The lowest BCUT2D eigenvalue weighted by Crippen LogP contribution is -2.51. The van der Waals surface area contributed by atoms with Crippen molar-refractivity contribution in [2.24, 2.45) is 11.5 Å². The van der Waals surface area contributed by atoms with Crippen molar-refractivity contribution in [3.63, 3.8) is 0 Å². The average Bonchev–Trinajstić information content (AvgIpc) is 2.28. The molecule has 7 heteroatoms. The molecule has 0 radical (unpaired) electrons. The van der Waals surface area contributed by atoms with Crippen LogP contribution in [0.5, 0.6) is 0 Å². The summed E-state index contributed by atoms with van der Waals surface area (Å²) < 4.78 is 0. The van der Waals surface area contributed by atoms with Gasteiger partial charge < -0.3 is 16.4 Å². The van der Waals surface area contributed by atoms with E-state index in [-0.39, 0.29) is 49.3 Å². The number of hydrogen-bond acceptors (Lipinski definition) is 4. The van der Waals surface area contributed by atoms with Crippen molar-refractivity contribution in [1.82, 2.24) is 4.90 Å². The van der Waals surface area contributed by atoms with Crippen molar-refractivity contribution in [3.05, 3.63) is 29.8 Å². The Kier molecular flexibility index (Phi) is 11.5. The zero-order chi connectivity index (χ0) is 13.1. The fourth-order valence-corrected chi connectivity index (χ4v) is 2.56. The Morgan fingerprint density at radius 1 is 1.00 bits per heavy atom. The number of nitrogens with zero attached hydrogens (tertiary/aromatic N) is 2. The number of likely N-dealkylation sites (tertiary alicyclic amines) is 1. The number of piperidine rings is 1. The van der Waals surface area contributed by atoms with Crippen molar-refractivity contribution in [2.75, 3.05) is 32.1 Å². The molecule has 0 unspecified atom stereocenters. The summed E-state index contributed by atoms with van der Waals surface area (Å²) in [4.78, 5) is 4.46. The van der Waals surface area contributed by atoms with Crippen LogP contribution in [0.2, 0.25) is 0 Å². The number of anilines is 1. The summed E-state index contributed by atoms with van der Waals surface area (Å²) >= 11 is 0. The third-order valence-corrected chi connectivity index (χ3v) is 3.45. The highest BCUT2D eigenvalue weighted by Gasteiger charge is 2.22. The molecule has 0 aliphatic carbocycles. The monoisotopic (exact) mass is 356 g/mol. The van der Waals surface area contributed by atoms with Crippen molar-refractivity contribution in [1.29, 1.82) is 0 Å². The highest BCUT2D eigenvalue weighted by Crippen LogP contribution is 2.16. The van der Waals surface area contributed by atoms with Crippen LogP contribution in [0.15, 0.2) is 24.3 Å². The Labute approximate surface area is 146 Å². The van der Waals surface area contributed by atoms with E-state index in [1.54, 1.807) is 0 Å². The Morgan fingerprint density at radius 3 is 1.90 bits per heavy atom. The van der Waals surface area contributed by atoms with Gasteiger partial charge in [0.05, 0.1) is 0 Å². The van der Waals surface area contributed by atoms with Gasteiger partial charge in [0.25, 0.3) is 0 Å². The predicted molar refractivity (Wildman–Crippen MR) is 98.4 cm³/mol. The number of nitrogens with two attached hydrogens (primary N) is 2. The van der Waals surface area contributed by atoms with E-state index in [0.29, 0.717) is 0 Å². The van der Waals surface area contributed by atoms with E-state index in [1.807, 2.05) is 0 Å². The summed E-state index contributed by atoms with van der Waals surface area (Å²) in [6.07, 6.45) is 0.941. The Bertz CT molecular complexity index is 376. The van der Waals surface area contributed by atoms with Crippen LogP contribution in [0.3, 0.4) is 0 Å². The lowest BCUT2D eigenvalue weighted by molar-refractivity contribution is 0.183. The van der Waals surface area contributed by atoms with Crippen LogP contribution >= 0.6 is 37.2 Å². The molecular formula is C14H27Cl3N4. The zero-order valence-electron chi connectivity index (χ0n) is 12.6. The van der Waals surface area contributed by atoms with Gasteiger partial charge in [-0.05, 0) is 24.1 Å². The minimum absolute atomic E-state index is 0. The quantitative estimate of drug-likeness (QED) is 0.867. The third kappa shape index (κ3) is 7.04. The van der Waals surface area contributed by atoms with Crippen molar-refractivity contribution < 1.29 is 0 Å². The maximum Gasteiger partial charge on any atom is 0.0361 e. The zero-order valence-corrected chi connectivity index (χ0v) is 15.0. The van der Waals surface area contributed by atoms with Crippen LogP contribution in [0.25, 0.3) is 0 Å². The van der Waals surface area contributed by atoms with Crippen molar-refractivity contribution >= 4 is 42.9 Å².